The zero-order valence-corrected chi connectivity index (χ0v) is 7.95. The molecule has 0 radical (unpaired) electrons. The van der Waals surface area contributed by atoms with E-state index in [1.807, 2.05) is 0 Å². The van der Waals surface area contributed by atoms with Crippen LogP contribution in [0.1, 0.15) is 6.42 Å². The van der Waals surface area contributed by atoms with Gasteiger partial charge in [0.15, 0.2) is 0 Å². The standard InChI is InChI=1S/C9H11N3O3/c13-6-3-7(9(14)15)12(4-6)8-1-2-10-5-11-8/h1-2,5-7,13H,3-4H2,(H,14,15). The van der Waals surface area contributed by atoms with Crippen molar-refractivity contribution in [3.63, 3.8) is 0 Å². The van der Waals surface area contributed by atoms with Gasteiger partial charge in [-0.3, -0.25) is 0 Å². The number of hydrogen-bond acceptors (Lipinski definition) is 5. The molecule has 2 atom stereocenters. The number of aromatic nitrogens is 2. The third-order valence-electron chi connectivity index (χ3n) is 2.42. The average Bonchev–Trinajstić information content (AvgIpc) is 2.62. The van der Waals surface area contributed by atoms with Crippen molar-refractivity contribution < 1.29 is 15.0 Å². The molecule has 0 spiro atoms. The van der Waals surface area contributed by atoms with Crippen molar-refractivity contribution in [3.8, 4) is 0 Å². The number of aliphatic carboxylic acids is 1. The molecule has 6 heteroatoms. The van der Waals surface area contributed by atoms with Crippen LogP contribution in [-0.2, 0) is 4.79 Å². The molecule has 0 aliphatic carbocycles. The van der Waals surface area contributed by atoms with Gasteiger partial charge in [-0.25, -0.2) is 14.8 Å². The second-order valence-corrected chi connectivity index (χ2v) is 3.46. The van der Waals surface area contributed by atoms with Gasteiger partial charge in [0.1, 0.15) is 18.2 Å². The van der Waals surface area contributed by atoms with Crippen LogP contribution in [0, 0.1) is 0 Å². The highest BCUT2D eigenvalue weighted by molar-refractivity contribution is 5.78. The summed E-state index contributed by atoms with van der Waals surface area (Å²) in [6, 6.07) is 0.934. The lowest BCUT2D eigenvalue weighted by atomic mass is 10.2. The molecule has 2 rings (SSSR count). The van der Waals surface area contributed by atoms with Crippen LogP contribution in [0.3, 0.4) is 0 Å². The Hall–Kier alpha value is -1.69. The first-order valence-electron chi connectivity index (χ1n) is 4.62. The summed E-state index contributed by atoms with van der Waals surface area (Å²) in [4.78, 5) is 20.2. The van der Waals surface area contributed by atoms with Gasteiger partial charge >= 0.3 is 5.97 Å². The molecular weight excluding hydrogens is 198 g/mol. The van der Waals surface area contributed by atoms with Crippen LogP contribution in [0.25, 0.3) is 0 Å². The van der Waals surface area contributed by atoms with Crippen molar-refractivity contribution >= 4 is 11.8 Å². The Bertz CT molecular complexity index is 357. The minimum Gasteiger partial charge on any atom is -0.480 e. The van der Waals surface area contributed by atoms with E-state index in [4.69, 9.17) is 5.11 Å². The van der Waals surface area contributed by atoms with Gasteiger partial charge in [0.2, 0.25) is 0 Å². The molecule has 1 fully saturated rings. The number of aliphatic hydroxyl groups excluding tert-OH is 1. The van der Waals surface area contributed by atoms with Gasteiger partial charge in [-0.05, 0) is 6.07 Å². The Morgan fingerprint density at radius 2 is 2.40 bits per heavy atom. The van der Waals surface area contributed by atoms with Crippen LogP contribution >= 0.6 is 0 Å². The molecule has 0 bridgehead atoms. The monoisotopic (exact) mass is 209 g/mol. The quantitative estimate of drug-likeness (QED) is 0.683. The topological polar surface area (TPSA) is 86.5 Å². The van der Waals surface area contributed by atoms with Crippen molar-refractivity contribution in [3.05, 3.63) is 18.6 Å². The van der Waals surface area contributed by atoms with E-state index in [2.05, 4.69) is 9.97 Å². The van der Waals surface area contributed by atoms with Crippen LogP contribution in [0.2, 0.25) is 0 Å². The highest BCUT2D eigenvalue weighted by atomic mass is 16.4. The van der Waals surface area contributed by atoms with E-state index in [1.54, 1.807) is 17.2 Å². The van der Waals surface area contributed by atoms with Crippen LogP contribution in [0.5, 0.6) is 0 Å². The van der Waals surface area contributed by atoms with Gasteiger partial charge in [0.25, 0.3) is 0 Å². The molecule has 0 aromatic carbocycles. The molecule has 0 amide bonds. The molecule has 6 nitrogen and oxygen atoms in total. The summed E-state index contributed by atoms with van der Waals surface area (Å²) in [6.45, 7) is 0.300. The summed E-state index contributed by atoms with van der Waals surface area (Å²) < 4.78 is 0. The molecule has 0 saturated carbocycles. The van der Waals surface area contributed by atoms with Crippen molar-refractivity contribution in [2.45, 2.75) is 18.6 Å². The third kappa shape index (κ3) is 1.89. The Morgan fingerprint density at radius 3 is 3.00 bits per heavy atom. The van der Waals surface area contributed by atoms with Gasteiger partial charge in [-0.15, -0.1) is 0 Å². The number of β-amino-alcohol motifs (C(OH)–C–C–N with tert-alkyl or cyclic N) is 1. The maximum absolute atomic E-state index is 10.9. The minimum absolute atomic E-state index is 0.235. The fraction of sp³-hybridized carbons (Fsp3) is 0.444. The normalized spacial score (nSPS) is 25.5. The summed E-state index contributed by atoms with van der Waals surface area (Å²) in [6.07, 6.45) is 2.53. The average molecular weight is 209 g/mol. The van der Waals surface area contributed by atoms with Gasteiger partial charge in [-0.2, -0.15) is 0 Å². The van der Waals surface area contributed by atoms with E-state index in [1.165, 1.54) is 6.33 Å². The van der Waals surface area contributed by atoms with Crippen LogP contribution in [-0.4, -0.2) is 44.8 Å². The maximum Gasteiger partial charge on any atom is 0.326 e. The van der Waals surface area contributed by atoms with Crippen molar-refractivity contribution in [2.75, 3.05) is 11.4 Å². The number of aliphatic hydroxyl groups is 1. The van der Waals surface area contributed by atoms with E-state index < -0.39 is 18.1 Å². The first kappa shape index (κ1) is 9.85. The molecule has 2 unspecified atom stereocenters. The second kappa shape index (κ2) is 3.82. The molecule has 15 heavy (non-hydrogen) atoms. The van der Waals surface area contributed by atoms with Gasteiger partial charge in [0.05, 0.1) is 6.10 Å². The summed E-state index contributed by atoms with van der Waals surface area (Å²) in [7, 11) is 0. The lowest BCUT2D eigenvalue weighted by molar-refractivity contribution is -0.138. The number of carboxylic acids is 1. The minimum atomic E-state index is -0.940. The summed E-state index contributed by atoms with van der Waals surface area (Å²) in [5, 5.41) is 18.4. The Kier molecular flexibility index (Phi) is 2.51. The lowest BCUT2D eigenvalue weighted by Gasteiger charge is -2.21. The van der Waals surface area contributed by atoms with Crippen molar-refractivity contribution in [2.24, 2.45) is 0 Å². The molecule has 80 valence electrons. The van der Waals surface area contributed by atoms with E-state index >= 15 is 0 Å². The molecule has 1 aliphatic heterocycles. The SMILES string of the molecule is O=C(O)C1CC(O)CN1c1ccncn1. The zero-order valence-electron chi connectivity index (χ0n) is 7.95. The van der Waals surface area contributed by atoms with Gasteiger partial charge < -0.3 is 15.1 Å². The number of anilines is 1. The van der Waals surface area contributed by atoms with Crippen LogP contribution < -0.4 is 4.90 Å². The Labute approximate surface area is 86.2 Å². The second-order valence-electron chi connectivity index (χ2n) is 3.46. The fourth-order valence-corrected chi connectivity index (χ4v) is 1.75. The van der Waals surface area contributed by atoms with E-state index in [9.17, 15) is 9.90 Å². The predicted molar refractivity (Wildman–Crippen MR) is 51.4 cm³/mol. The summed E-state index contributed by atoms with van der Waals surface area (Å²) in [5.74, 6) is -0.404. The zero-order chi connectivity index (χ0) is 10.8. The fourth-order valence-electron chi connectivity index (χ4n) is 1.75. The molecule has 1 aliphatic rings. The largest absolute Gasteiger partial charge is 0.480 e. The van der Waals surface area contributed by atoms with Gasteiger partial charge in [0, 0.05) is 19.2 Å². The third-order valence-corrected chi connectivity index (χ3v) is 2.42. The number of rotatable bonds is 2. The van der Waals surface area contributed by atoms with E-state index in [-0.39, 0.29) is 6.42 Å². The van der Waals surface area contributed by atoms with Crippen LogP contribution in [0.15, 0.2) is 18.6 Å². The number of nitrogens with zero attached hydrogens (tertiary/aromatic N) is 3. The molecule has 2 heterocycles. The van der Waals surface area contributed by atoms with Gasteiger partial charge in [-0.1, -0.05) is 0 Å². The Balaban J connectivity index is 2.24. The molecular formula is C9H11N3O3. The molecule has 2 N–H and O–H groups in total. The first-order chi connectivity index (χ1) is 7.18. The van der Waals surface area contributed by atoms with Crippen molar-refractivity contribution in [1.82, 2.24) is 9.97 Å². The molecule has 1 saturated heterocycles. The first-order valence-corrected chi connectivity index (χ1v) is 4.62. The van der Waals surface area contributed by atoms with E-state index in [0.29, 0.717) is 12.4 Å². The Morgan fingerprint density at radius 1 is 1.60 bits per heavy atom. The highest BCUT2D eigenvalue weighted by Gasteiger charge is 2.36. The lowest BCUT2D eigenvalue weighted by Crippen LogP contribution is -2.36. The molecule has 1 aromatic rings. The van der Waals surface area contributed by atoms with Crippen LogP contribution in [0.4, 0.5) is 5.82 Å². The number of hydrogen-bond donors (Lipinski definition) is 2. The number of carboxylic acid groups (broad SMARTS) is 1. The maximum atomic E-state index is 10.9. The summed E-state index contributed by atoms with van der Waals surface area (Å²) >= 11 is 0. The number of carbonyl (C=O) groups is 1. The smallest absolute Gasteiger partial charge is 0.326 e. The summed E-state index contributed by atoms with van der Waals surface area (Å²) in [5.41, 5.74) is 0. The van der Waals surface area contributed by atoms with E-state index in [0.717, 1.165) is 0 Å². The predicted octanol–water partition coefficient (Wildman–Crippen LogP) is -0.499. The van der Waals surface area contributed by atoms with Crippen molar-refractivity contribution in [1.29, 1.82) is 0 Å². The highest BCUT2D eigenvalue weighted by Crippen LogP contribution is 2.23. The molecule has 1 aromatic heterocycles.